The van der Waals surface area contributed by atoms with Gasteiger partial charge in [0.2, 0.25) is 5.91 Å². The third kappa shape index (κ3) is 4.86. The van der Waals surface area contributed by atoms with Gasteiger partial charge in [0, 0.05) is 17.3 Å². The maximum absolute atomic E-state index is 12.8. The van der Waals surface area contributed by atoms with Crippen molar-refractivity contribution < 1.29 is 9.53 Å². The lowest BCUT2D eigenvalue weighted by atomic mass is 10.2. The molecule has 0 aliphatic heterocycles. The van der Waals surface area contributed by atoms with Crippen LogP contribution in [0.3, 0.4) is 0 Å². The Morgan fingerprint density at radius 1 is 1.33 bits per heavy atom. The average Bonchev–Trinajstić information content (AvgIpc) is 3.13. The van der Waals surface area contributed by atoms with Gasteiger partial charge in [-0.15, -0.1) is 16.8 Å². The Morgan fingerprint density at radius 2 is 2.10 bits per heavy atom. The van der Waals surface area contributed by atoms with Crippen LogP contribution in [0.1, 0.15) is 12.5 Å². The molecule has 156 valence electrons. The zero-order chi connectivity index (χ0) is 21.7. The van der Waals surface area contributed by atoms with Crippen LogP contribution in [-0.4, -0.2) is 33.0 Å². The molecular weight excluding hydrogens is 420 g/mol. The molecule has 8 heteroatoms. The zero-order valence-electron chi connectivity index (χ0n) is 17.1. The number of nitrogens with one attached hydrogen (secondary N) is 1. The average molecular weight is 443 g/mol. The first-order valence-electron chi connectivity index (χ1n) is 9.35. The zero-order valence-corrected chi connectivity index (χ0v) is 18.6. The summed E-state index contributed by atoms with van der Waals surface area (Å²) in [4.78, 5) is 12.8. The van der Waals surface area contributed by atoms with Gasteiger partial charge >= 0.3 is 0 Å². The Bertz CT molecular complexity index is 1070. The Morgan fingerprint density at radius 3 is 2.83 bits per heavy atom. The molecule has 1 N–H and O–H groups in total. The van der Waals surface area contributed by atoms with Crippen molar-refractivity contribution in [3.05, 3.63) is 65.7 Å². The number of carbonyl (C=O) groups is 1. The number of allylic oxidation sites excluding steroid dienone is 1. The monoisotopic (exact) mass is 442 g/mol. The SMILES string of the molecule is C=CCn1c(SC(C)C(=O)Nc2cc(Cl)ccc2C)nnc1-c1ccccc1OC. The number of aromatic nitrogens is 3. The summed E-state index contributed by atoms with van der Waals surface area (Å²) in [5, 5.41) is 12.4. The van der Waals surface area contributed by atoms with E-state index in [1.807, 2.05) is 48.7 Å². The number of carbonyl (C=O) groups excluding carboxylic acids is 1. The molecule has 0 spiro atoms. The Hall–Kier alpha value is -2.77. The third-order valence-electron chi connectivity index (χ3n) is 4.49. The van der Waals surface area contributed by atoms with Gasteiger partial charge in [-0.05, 0) is 43.7 Å². The normalized spacial score (nSPS) is 11.7. The van der Waals surface area contributed by atoms with Crippen molar-refractivity contribution in [1.82, 2.24) is 14.8 Å². The molecule has 0 fully saturated rings. The number of hydrogen-bond donors (Lipinski definition) is 1. The van der Waals surface area contributed by atoms with E-state index in [0.29, 0.717) is 34.0 Å². The molecule has 2 aromatic carbocycles. The van der Waals surface area contributed by atoms with E-state index in [1.165, 1.54) is 11.8 Å². The first kappa shape index (κ1) is 21.9. The van der Waals surface area contributed by atoms with Crippen LogP contribution >= 0.6 is 23.4 Å². The number of rotatable bonds is 8. The lowest BCUT2D eigenvalue weighted by molar-refractivity contribution is -0.115. The molecule has 30 heavy (non-hydrogen) atoms. The molecule has 1 amide bonds. The van der Waals surface area contributed by atoms with Gasteiger partial charge < -0.3 is 10.1 Å². The summed E-state index contributed by atoms with van der Waals surface area (Å²) in [6.45, 7) is 8.09. The fourth-order valence-corrected chi connectivity index (χ4v) is 3.90. The number of aryl methyl sites for hydroxylation is 1. The molecule has 0 aliphatic rings. The number of benzene rings is 2. The van der Waals surface area contributed by atoms with E-state index in [9.17, 15) is 4.79 Å². The molecule has 0 saturated heterocycles. The third-order valence-corrected chi connectivity index (χ3v) is 5.80. The minimum atomic E-state index is -0.401. The van der Waals surface area contributed by atoms with Gasteiger partial charge in [-0.3, -0.25) is 9.36 Å². The molecule has 1 atom stereocenters. The van der Waals surface area contributed by atoms with Gasteiger partial charge in [-0.1, -0.05) is 47.6 Å². The van der Waals surface area contributed by atoms with Crippen molar-refractivity contribution >= 4 is 35.0 Å². The number of nitrogens with zero attached hydrogens (tertiary/aromatic N) is 3. The minimum absolute atomic E-state index is 0.141. The van der Waals surface area contributed by atoms with Crippen LogP contribution < -0.4 is 10.1 Å². The lowest BCUT2D eigenvalue weighted by Crippen LogP contribution is -2.23. The Labute approximate surface area is 185 Å². The molecule has 0 radical (unpaired) electrons. The number of halogens is 1. The summed E-state index contributed by atoms with van der Waals surface area (Å²) < 4.78 is 7.38. The smallest absolute Gasteiger partial charge is 0.237 e. The van der Waals surface area contributed by atoms with Crippen molar-refractivity contribution in [2.45, 2.75) is 30.8 Å². The highest BCUT2D eigenvalue weighted by molar-refractivity contribution is 8.00. The molecule has 0 bridgehead atoms. The Kier molecular flexibility index (Phi) is 7.18. The van der Waals surface area contributed by atoms with E-state index in [2.05, 4.69) is 22.1 Å². The van der Waals surface area contributed by atoms with Crippen LogP contribution in [0.2, 0.25) is 5.02 Å². The highest BCUT2D eigenvalue weighted by Gasteiger charge is 2.22. The van der Waals surface area contributed by atoms with E-state index in [4.69, 9.17) is 16.3 Å². The summed E-state index contributed by atoms with van der Waals surface area (Å²) in [7, 11) is 1.62. The summed E-state index contributed by atoms with van der Waals surface area (Å²) >= 11 is 7.39. The van der Waals surface area contributed by atoms with Crippen LogP contribution in [0, 0.1) is 6.92 Å². The second kappa shape index (κ2) is 9.82. The second-order valence-corrected chi connectivity index (χ2v) is 8.36. The Balaban J connectivity index is 1.84. The minimum Gasteiger partial charge on any atom is -0.496 e. The van der Waals surface area contributed by atoms with Gasteiger partial charge in [-0.2, -0.15) is 0 Å². The van der Waals surface area contributed by atoms with E-state index in [0.717, 1.165) is 11.1 Å². The topological polar surface area (TPSA) is 69.0 Å². The van der Waals surface area contributed by atoms with Gasteiger partial charge in [0.05, 0.1) is 17.9 Å². The molecule has 6 nitrogen and oxygen atoms in total. The fourth-order valence-electron chi connectivity index (χ4n) is 2.87. The molecule has 3 aromatic rings. The molecule has 1 heterocycles. The van der Waals surface area contributed by atoms with Gasteiger partial charge in [0.1, 0.15) is 5.75 Å². The molecule has 0 saturated carbocycles. The molecule has 3 rings (SSSR count). The highest BCUT2D eigenvalue weighted by Crippen LogP contribution is 2.32. The fraction of sp³-hybridized carbons (Fsp3) is 0.227. The summed E-state index contributed by atoms with van der Waals surface area (Å²) in [6.07, 6.45) is 1.77. The van der Waals surface area contributed by atoms with Crippen LogP contribution in [0.15, 0.2) is 60.3 Å². The predicted octanol–water partition coefficient (Wildman–Crippen LogP) is 5.22. The summed E-state index contributed by atoms with van der Waals surface area (Å²) in [5.74, 6) is 1.22. The van der Waals surface area contributed by atoms with Crippen molar-refractivity contribution in [3.8, 4) is 17.1 Å². The maximum Gasteiger partial charge on any atom is 0.237 e. The van der Waals surface area contributed by atoms with Gasteiger partial charge in [-0.25, -0.2) is 0 Å². The van der Waals surface area contributed by atoms with Crippen LogP contribution in [-0.2, 0) is 11.3 Å². The number of thioether (sulfide) groups is 1. The van der Waals surface area contributed by atoms with Crippen molar-refractivity contribution in [2.24, 2.45) is 0 Å². The van der Waals surface area contributed by atoms with Crippen molar-refractivity contribution in [1.29, 1.82) is 0 Å². The van der Waals surface area contributed by atoms with Crippen LogP contribution in [0.4, 0.5) is 5.69 Å². The largest absolute Gasteiger partial charge is 0.496 e. The standard InChI is InChI=1S/C22H23ClN4O2S/c1-5-12-27-20(17-8-6-7-9-19(17)29-4)25-26-22(27)30-15(3)21(28)24-18-13-16(23)11-10-14(18)2/h5-11,13,15H,1,12H2,2-4H3,(H,24,28). The summed E-state index contributed by atoms with van der Waals surface area (Å²) in [5.41, 5.74) is 2.47. The molecule has 0 aliphatic carbocycles. The second-order valence-electron chi connectivity index (χ2n) is 6.61. The van der Waals surface area contributed by atoms with Crippen molar-refractivity contribution in [3.63, 3.8) is 0 Å². The van der Waals surface area contributed by atoms with E-state index in [-0.39, 0.29) is 5.91 Å². The molecular formula is C22H23ClN4O2S. The lowest BCUT2D eigenvalue weighted by Gasteiger charge is -2.15. The number of anilines is 1. The van der Waals surface area contributed by atoms with E-state index >= 15 is 0 Å². The number of methoxy groups -OCH3 is 1. The molecule has 1 aromatic heterocycles. The number of para-hydroxylation sites is 1. The maximum atomic E-state index is 12.8. The van der Waals surface area contributed by atoms with Crippen molar-refractivity contribution in [2.75, 3.05) is 12.4 Å². The van der Waals surface area contributed by atoms with Crippen LogP contribution in [0.5, 0.6) is 5.75 Å². The van der Waals surface area contributed by atoms with Gasteiger partial charge in [0.25, 0.3) is 0 Å². The summed E-state index contributed by atoms with van der Waals surface area (Å²) in [6, 6.07) is 13.0. The van der Waals surface area contributed by atoms with Crippen LogP contribution in [0.25, 0.3) is 11.4 Å². The van der Waals surface area contributed by atoms with Gasteiger partial charge in [0.15, 0.2) is 11.0 Å². The first-order chi connectivity index (χ1) is 14.4. The predicted molar refractivity (Wildman–Crippen MR) is 122 cm³/mol. The van der Waals surface area contributed by atoms with E-state index < -0.39 is 5.25 Å². The quantitative estimate of drug-likeness (QED) is 0.382. The number of hydrogen-bond acceptors (Lipinski definition) is 5. The van der Waals surface area contributed by atoms with E-state index in [1.54, 1.807) is 25.3 Å². The number of amides is 1. The molecule has 1 unspecified atom stereocenters. The first-order valence-corrected chi connectivity index (χ1v) is 10.6. The number of ether oxygens (including phenoxy) is 1. The highest BCUT2D eigenvalue weighted by atomic mass is 35.5.